The van der Waals surface area contributed by atoms with Gasteiger partial charge in [-0.3, -0.25) is 5.73 Å². The normalized spacial score (nSPS) is 9.92. The molecule has 0 bridgehead atoms. The summed E-state index contributed by atoms with van der Waals surface area (Å²) in [5.74, 6) is -0.910. The molecule has 0 spiro atoms. The molecule has 1 heterocycles. The van der Waals surface area contributed by atoms with Gasteiger partial charge in [0, 0.05) is 0 Å². The maximum absolute atomic E-state index is 11.2. The zero-order chi connectivity index (χ0) is 10.2. The maximum atomic E-state index is 11.2. The number of nitrogen functional groups attached to an aromatic ring is 3. The molecule has 8 nitrogen and oxygen atoms in total. The van der Waals surface area contributed by atoms with Gasteiger partial charge in [-0.2, -0.15) is 9.46 Å². The highest BCUT2D eigenvalue weighted by atomic mass is 16.5. The monoisotopic (exact) mass is 186 g/mol. The van der Waals surface area contributed by atoms with E-state index in [1.807, 2.05) is 0 Å². The van der Waals surface area contributed by atoms with Crippen molar-refractivity contribution in [3.8, 4) is 0 Å². The lowest BCUT2D eigenvalue weighted by molar-refractivity contribution is -0.702. The highest BCUT2D eigenvalue weighted by Crippen LogP contribution is 2.15. The molecule has 13 heavy (non-hydrogen) atoms. The summed E-state index contributed by atoms with van der Waals surface area (Å²) in [5.41, 5.74) is 15.6. The Morgan fingerprint density at radius 2 is 1.46 bits per heavy atom. The molecule has 0 aliphatic heterocycles. The van der Waals surface area contributed by atoms with Crippen LogP contribution in [0.2, 0.25) is 0 Å². The zero-order valence-electron chi connectivity index (χ0n) is 6.94. The van der Waals surface area contributed by atoms with Gasteiger partial charge in [0.15, 0.2) is 5.69 Å². The summed E-state index contributed by atoms with van der Waals surface area (Å²) in [6, 6.07) is 0. The van der Waals surface area contributed by atoms with E-state index in [9.17, 15) is 10.4 Å². The van der Waals surface area contributed by atoms with Gasteiger partial charge in [-0.05, 0) is 0 Å². The molecule has 0 amide bonds. The van der Waals surface area contributed by atoms with Crippen LogP contribution in [-0.4, -0.2) is 7.05 Å². The van der Waals surface area contributed by atoms with Crippen molar-refractivity contribution in [3.63, 3.8) is 0 Å². The maximum Gasteiger partial charge on any atom is 0.453 e. The summed E-state index contributed by atoms with van der Waals surface area (Å²) in [7, 11) is 1.40. The van der Waals surface area contributed by atoms with Gasteiger partial charge >= 0.3 is 11.8 Å². The molecule has 7 N–H and O–H groups in total. The van der Waals surface area contributed by atoms with Crippen molar-refractivity contribution < 1.29 is 9.46 Å². The smallest absolute Gasteiger partial charge is 0.453 e. The molecule has 72 valence electrons. The van der Waals surface area contributed by atoms with Crippen molar-refractivity contribution in [3.05, 3.63) is 10.4 Å². The Kier molecular flexibility index (Phi) is 1.89. The van der Waals surface area contributed by atoms with E-state index in [0.29, 0.717) is 0 Å². The Morgan fingerprint density at radius 1 is 1.08 bits per heavy atom. The van der Waals surface area contributed by atoms with Crippen LogP contribution in [0.25, 0.3) is 0 Å². The topological polar surface area (TPSA) is 144 Å². The van der Waals surface area contributed by atoms with Crippen LogP contribution < -0.4 is 32.0 Å². The minimum absolute atomic E-state index is 0.179. The van der Waals surface area contributed by atoms with Gasteiger partial charge in [0.2, 0.25) is 5.82 Å². The Hall–Kier alpha value is -2.12. The van der Waals surface area contributed by atoms with E-state index in [-0.39, 0.29) is 32.7 Å². The molecule has 0 atom stereocenters. The van der Waals surface area contributed by atoms with E-state index in [1.165, 1.54) is 7.05 Å². The van der Waals surface area contributed by atoms with Crippen molar-refractivity contribution in [1.82, 2.24) is 0 Å². The van der Waals surface area contributed by atoms with Gasteiger partial charge in [-0.1, -0.05) is 0 Å². The van der Waals surface area contributed by atoms with Crippen molar-refractivity contribution in [2.45, 2.75) is 0 Å². The van der Waals surface area contributed by atoms with Crippen LogP contribution in [0.4, 0.5) is 23.3 Å². The Morgan fingerprint density at radius 3 is 1.77 bits per heavy atom. The third kappa shape index (κ3) is 1.08. The molecule has 0 radical (unpaired) electrons. The van der Waals surface area contributed by atoms with Gasteiger partial charge in [0.25, 0.3) is 0 Å². The predicted molar refractivity (Wildman–Crippen MR) is 47.1 cm³/mol. The fraction of sp³-hybridized carbons (Fsp3) is 0.200. The summed E-state index contributed by atoms with van der Waals surface area (Å²) in [6.45, 7) is 0. The number of aromatic nitrogens is 2. The quantitative estimate of drug-likeness (QED) is 0.288. The van der Waals surface area contributed by atoms with Crippen LogP contribution in [-0.2, 0) is 0 Å². The molecule has 0 unspecified atom stereocenters. The van der Waals surface area contributed by atoms with E-state index in [2.05, 4.69) is 5.32 Å². The first-order valence-corrected chi connectivity index (χ1v) is 3.38. The van der Waals surface area contributed by atoms with Crippen LogP contribution in [0, 0.1) is 10.4 Å². The van der Waals surface area contributed by atoms with Crippen LogP contribution in [0.5, 0.6) is 0 Å². The number of rotatable bonds is 1. The lowest BCUT2D eigenvalue weighted by Gasteiger charge is -2.15. The number of hydrogen-bond acceptors (Lipinski definition) is 6. The van der Waals surface area contributed by atoms with Gasteiger partial charge in [-0.25, -0.2) is 5.32 Å². The van der Waals surface area contributed by atoms with E-state index in [1.54, 1.807) is 0 Å². The molecule has 0 fully saturated rings. The van der Waals surface area contributed by atoms with Crippen LogP contribution in [0.1, 0.15) is 0 Å². The van der Waals surface area contributed by atoms with Crippen molar-refractivity contribution in [2.24, 2.45) is 0 Å². The third-order valence-electron chi connectivity index (χ3n) is 1.60. The molecular weight excluding hydrogens is 176 g/mol. The number of hydrogen-bond donors (Lipinski definition) is 4. The van der Waals surface area contributed by atoms with Crippen molar-refractivity contribution >= 4 is 23.3 Å². The first-order valence-electron chi connectivity index (χ1n) is 3.38. The number of nitrogens with one attached hydrogen (secondary N) is 1. The summed E-state index contributed by atoms with van der Waals surface area (Å²) < 4.78 is 0.359. The van der Waals surface area contributed by atoms with Gasteiger partial charge < -0.3 is 21.9 Å². The highest BCUT2D eigenvalue weighted by molar-refractivity contribution is 5.66. The lowest BCUT2D eigenvalue weighted by atomic mass is 10.4. The number of nitrogens with zero attached hydrogens (tertiary/aromatic N) is 2. The lowest BCUT2D eigenvalue weighted by Crippen LogP contribution is -2.49. The zero-order valence-corrected chi connectivity index (χ0v) is 6.94. The summed E-state index contributed by atoms with van der Waals surface area (Å²) in [4.78, 5) is 0. The predicted octanol–water partition coefficient (Wildman–Crippen LogP) is -2.26. The second-order valence-corrected chi connectivity index (χ2v) is 2.35. The van der Waals surface area contributed by atoms with Crippen LogP contribution >= 0.6 is 0 Å². The minimum atomic E-state index is -0.316. The molecule has 1 aromatic heterocycles. The van der Waals surface area contributed by atoms with Crippen molar-refractivity contribution in [1.29, 1.82) is 0 Å². The average molecular weight is 186 g/mol. The fourth-order valence-corrected chi connectivity index (χ4v) is 0.864. The molecule has 0 aromatic carbocycles. The molecule has 0 saturated carbocycles. The molecular formula is C5H10N6O2. The largest absolute Gasteiger partial charge is 0.706 e. The molecule has 1 aromatic rings. The van der Waals surface area contributed by atoms with Crippen LogP contribution in [0.3, 0.4) is 0 Å². The van der Waals surface area contributed by atoms with Crippen molar-refractivity contribution in [2.75, 3.05) is 29.6 Å². The Bertz CT molecular complexity index is 322. The number of nitrogens with two attached hydrogens (primary N) is 3. The second kappa shape index (κ2) is 2.73. The van der Waals surface area contributed by atoms with Crippen LogP contribution in [0.15, 0.2) is 0 Å². The average Bonchev–Trinajstić information content (AvgIpc) is 2.13. The minimum Gasteiger partial charge on any atom is -0.706 e. The molecule has 0 saturated heterocycles. The van der Waals surface area contributed by atoms with E-state index in [0.717, 1.165) is 0 Å². The second-order valence-electron chi connectivity index (χ2n) is 2.35. The standard InChI is InChI=1S/C5H10N6O2/c1-9-5-10(12)3(7)2(6)4(8)11(5)13/h9H,6-8H2,1H3. The van der Waals surface area contributed by atoms with E-state index >= 15 is 0 Å². The van der Waals surface area contributed by atoms with Gasteiger partial charge in [0.05, 0.1) is 7.05 Å². The fourth-order valence-electron chi connectivity index (χ4n) is 0.864. The van der Waals surface area contributed by atoms with E-state index < -0.39 is 0 Å². The SMILES string of the molecule is CNc1[n+]([O-])c(N)c(N)c(N)[n+]1[O-]. The summed E-state index contributed by atoms with van der Waals surface area (Å²) >= 11 is 0. The first kappa shape index (κ1) is 8.97. The van der Waals surface area contributed by atoms with E-state index in [4.69, 9.17) is 17.2 Å². The summed E-state index contributed by atoms with van der Waals surface area (Å²) in [6.07, 6.45) is 0. The molecule has 1 rings (SSSR count). The first-order chi connectivity index (χ1) is 6.00. The summed E-state index contributed by atoms with van der Waals surface area (Å²) in [5, 5.41) is 24.7. The molecule has 8 heteroatoms. The molecule has 0 aliphatic rings. The Balaban J connectivity index is 3.56. The molecule has 0 aliphatic carbocycles. The van der Waals surface area contributed by atoms with Gasteiger partial charge in [-0.15, -0.1) is 0 Å². The third-order valence-corrected chi connectivity index (χ3v) is 1.60. The number of anilines is 4. The highest BCUT2D eigenvalue weighted by Gasteiger charge is 2.21. The Labute approximate surface area is 73.7 Å². The van der Waals surface area contributed by atoms with Gasteiger partial charge in [0.1, 0.15) is 0 Å².